The Bertz CT molecular complexity index is 405. The number of hydrazine groups is 1. The summed E-state index contributed by atoms with van der Waals surface area (Å²) >= 11 is 0. The summed E-state index contributed by atoms with van der Waals surface area (Å²) in [7, 11) is 0. The molecule has 92 valence electrons. The van der Waals surface area contributed by atoms with E-state index in [1.54, 1.807) is 6.07 Å². The number of hydrogen-bond acceptors (Lipinski definition) is 3. The van der Waals surface area contributed by atoms with E-state index < -0.39 is 0 Å². The normalized spacial score (nSPS) is 20.5. The first-order chi connectivity index (χ1) is 8.19. The highest BCUT2D eigenvalue weighted by Crippen LogP contribution is 2.18. The molecule has 0 bridgehead atoms. The molecule has 1 atom stereocenters. The van der Waals surface area contributed by atoms with Crippen LogP contribution in [0.4, 0.5) is 0 Å². The molecular weight excluding hydrogens is 214 g/mol. The maximum Gasteiger partial charge on any atom is 0.265 e. The molecule has 17 heavy (non-hydrogen) atoms. The summed E-state index contributed by atoms with van der Waals surface area (Å²) in [6, 6.07) is 7.64. The minimum absolute atomic E-state index is 0.235. The Morgan fingerprint density at radius 2 is 2.41 bits per heavy atom. The van der Waals surface area contributed by atoms with E-state index >= 15 is 0 Å². The zero-order valence-corrected chi connectivity index (χ0v) is 10.1. The van der Waals surface area contributed by atoms with E-state index in [0.717, 1.165) is 25.6 Å². The molecule has 1 aliphatic heterocycles. The molecule has 0 spiro atoms. The fourth-order valence-corrected chi connectivity index (χ4v) is 2.32. The molecule has 1 aromatic rings. The molecule has 0 aromatic heterocycles. The van der Waals surface area contributed by atoms with Crippen molar-refractivity contribution in [3.63, 3.8) is 0 Å². The quantitative estimate of drug-likeness (QED) is 0.467. The minimum atomic E-state index is -0.235. The zero-order chi connectivity index (χ0) is 12.3. The van der Waals surface area contributed by atoms with E-state index in [4.69, 9.17) is 5.84 Å². The molecule has 4 nitrogen and oxygen atoms in total. The lowest BCUT2D eigenvalue weighted by Crippen LogP contribution is -2.30. The largest absolute Gasteiger partial charge is 0.299 e. The van der Waals surface area contributed by atoms with Crippen LogP contribution < -0.4 is 11.3 Å². The number of amides is 1. The number of nitrogen functional groups attached to an aromatic ring is 1. The van der Waals surface area contributed by atoms with Crippen molar-refractivity contribution in [3.8, 4) is 0 Å². The Balaban J connectivity index is 2.03. The highest BCUT2D eigenvalue weighted by Gasteiger charge is 2.18. The van der Waals surface area contributed by atoms with Crippen molar-refractivity contribution in [1.82, 2.24) is 10.3 Å². The molecule has 0 aliphatic carbocycles. The summed E-state index contributed by atoms with van der Waals surface area (Å²) in [5.41, 5.74) is 3.95. The number of nitrogens with zero attached hydrogens (tertiary/aromatic N) is 1. The Labute approximate surface area is 102 Å². The highest BCUT2D eigenvalue weighted by molar-refractivity contribution is 5.93. The topological polar surface area (TPSA) is 58.4 Å². The molecule has 1 aromatic carbocycles. The van der Waals surface area contributed by atoms with Crippen LogP contribution in [0.1, 0.15) is 29.3 Å². The molecule has 1 unspecified atom stereocenters. The first-order valence-corrected chi connectivity index (χ1v) is 6.01. The lowest BCUT2D eigenvalue weighted by Gasteiger charge is -2.15. The van der Waals surface area contributed by atoms with Gasteiger partial charge in [0, 0.05) is 18.7 Å². The number of nitrogens with one attached hydrogen (secondary N) is 1. The third-order valence-corrected chi connectivity index (χ3v) is 3.23. The van der Waals surface area contributed by atoms with Crippen LogP contribution in [0.25, 0.3) is 0 Å². The fraction of sp³-hybridized carbons (Fsp3) is 0.462. The summed E-state index contributed by atoms with van der Waals surface area (Å²) in [6.45, 7) is 5.48. The van der Waals surface area contributed by atoms with E-state index in [0.29, 0.717) is 5.56 Å². The van der Waals surface area contributed by atoms with Gasteiger partial charge in [0.05, 0.1) is 0 Å². The molecule has 1 aliphatic rings. The number of carbonyl (C=O) groups is 1. The van der Waals surface area contributed by atoms with E-state index in [1.165, 1.54) is 12.0 Å². The lowest BCUT2D eigenvalue weighted by atomic mass is 10.1. The Morgan fingerprint density at radius 1 is 1.59 bits per heavy atom. The average molecular weight is 233 g/mol. The fourth-order valence-electron chi connectivity index (χ4n) is 2.32. The van der Waals surface area contributed by atoms with Crippen LogP contribution in [0.5, 0.6) is 0 Å². The minimum Gasteiger partial charge on any atom is -0.299 e. The van der Waals surface area contributed by atoms with Gasteiger partial charge in [-0.15, -0.1) is 0 Å². The molecule has 4 heteroatoms. The highest BCUT2D eigenvalue weighted by atomic mass is 16.2. The van der Waals surface area contributed by atoms with Crippen LogP contribution in [0.3, 0.4) is 0 Å². The number of likely N-dealkylation sites (tertiary alicyclic amines) is 1. The third-order valence-electron chi connectivity index (χ3n) is 3.23. The molecule has 2 rings (SSSR count). The second kappa shape index (κ2) is 5.29. The summed E-state index contributed by atoms with van der Waals surface area (Å²) in [6.07, 6.45) is 1.27. The first kappa shape index (κ1) is 12.1. The molecule has 1 saturated heterocycles. The number of carbonyl (C=O) groups excluding carboxylic acids is 1. The maximum absolute atomic E-state index is 11.4. The van der Waals surface area contributed by atoms with Crippen LogP contribution in [0.15, 0.2) is 24.3 Å². The standard InChI is InChI=1S/C13H19N3O/c1-10-5-6-16(8-10)9-11-3-2-4-12(7-11)13(17)15-14/h2-4,7,10H,5-6,8-9,14H2,1H3,(H,15,17). The van der Waals surface area contributed by atoms with Crippen molar-refractivity contribution in [2.45, 2.75) is 19.9 Å². The Hall–Kier alpha value is -1.39. The average Bonchev–Trinajstić information content (AvgIpc) is 2.74. The molecule has 1 fully saturated rings. The van der Waals surface area contributed by atoms with Crippen LogP contribution >= 0.6 is 0 Å². The van der Waals surface area contributed by atoms with E-state index in [9.17, 15) is 4.79 Å². The summed E-state index contributed by atoms with van der Waals surface area (Å²) < 4.78 is 0. The summed E-state index contributed by atoms with van der Waals surface area (Å²) in [5.74, 6) is 5.67. The van der Waals surface area contributed by atoms with Crippen molar-refractivity contribution in [3.05, 3.63) is 35.4 Å². The summed E-state index contributed by atoms with van der Waals surface area (Å²) in [5, 5.41) is 0. The van der Waals surface area contributed by atoms with Crippen LogP contribution in [0.2, 0.25) is 0 Å². The SMILES string of the molecule is CC1CCN(Cc2cccc(C(=O)NN)c2)C1. The smallest absolute Gasteiger partial charge is 0.265 e. The van der Waals surface area contributed by atoms with Gasteiger partial charge in [0.25, 0.3) is 5.91 Å². The molecule has 0 radical (unpaired) electrons. The number of nitrogens with two attached hydrogens (primary N) is 1. The van der Waals surface area contributed by atoms with Gasteiger partial charge in [-0.1, -0.05) is 19.1 Å². The predicted molar refractivity (Wildman–Crippen MR) is 67.2 cm³/mol. The Kier molecular flexibility index (Phi) is 3.76. The van der Waals surface area contributed by atoms with E-state index in [1.807, 2.05) is 12.1 Å². The first-order valence-electron chi connectivity index (χ1n) is 6.01. The third kappa shape index (κ3) is 3.05. The van der Waals surface area contributed by atoms with Crippen LogP contribution in [-0.4, -0.2) is 23.9 Å². The number of hydrogen-bond donors (Lipinski definition) is 2. The van der Waals surface area contributed by atoms with Crippen molar-refractivity contribution in [2.24, 2.45) is 11.8 Å². The van der Waals surface area contributed by atoms with Crippen LogP contribution in [-0.2, 0) is 6.54 Å². The molecular formula is C13H19N3O. The van der Waals surface area contributed by atoms with Crippen LogP contribution in [0, 0.1) is 5.92 Å². The van der Waals surface area contributed by atoms with Crippen molar-refractivity contribution in [2.75, 3.05) is 13.1 Å². The van der Waals surface area contributed by atoms with Gasteiger partial charge in [-0.3, -0.25) is 15.1 Å². The second-order valence-corrected chi connectivity index (χ2v) is 4.80. The van der Waals surface area contributed by atoms with Gasteiger partial charge in [0.15, 0.2) is 0 Å². The van der Waals surface area contributed by atoms with E-state index in [2.05, 4.69) is 23.3 Å². The van der Waals surface area contributed by atoms with Gasteiger partial charge in [-0.05, 0) is 36.6 Å². The van der Waals surface area contributed by atoms with Gasteiger partial charge < -0.3 is 0 Å². The monoisotopic (exact) mass is 233 g/mol. The Morgan fingerprint density at radius 3 is 3.06 bits per heavy atom. The van der Waals surface area contributed by atoms with Crippen molar-refractivity contribution in [1.29, 1.82) is 0 Å². The van der Waals surface area contributed by atoms with Gasteiger partial charge in [-0.25, -0.2) is 5.84 Å². The number of benzene rings is 1. The second-order valence-electron chi connectivity index (χ2n) is 4.80. The van der Waals surface area contributed by atoms with Gasteiger partial charge >= 0.3 is 0 Å². The molecule has 0 saturated carbocycles. The van der Waals surface area contributed by atoms with Gasteiger partial charge in [-0.2, -0.15) is 0 Å². The van der Waals surface area contributed by atoms with Crippen molar-refractivity contribution >= 4 is 5.91 Å². The molecule has 1 amide bonds. The van der Waals surface area contributed by atoms with Crippen molar-refractivity contribution < 1.29 is 4.79 Å². The number of rotatable bonds is 3. The maximum atomic E-state index is 11.4. The van der Waals surface area contributed by atoms with E-state index in [-0.39, 0.29) is 5.91 Å². The summed E-state index contributed by atoms with van der Waals surface area (Å²) in [4.78, 5) is 13.8. The van der Waals surface area contributed by atoms with Gasteiger partial charge in [0.1, 0.15) is 0 Å². The lowest BCUT2D eigenvalue weighted by molar-refractivity contribution is 0.0953. The molecule has 3 N–H and O–H groups in total. The van der Waals surface area contributed by atoms with Gasteiger partial charge in [0.2, 0.25) is 0 Å². The predicted octanol–water partition coefficient (Wildman–Crippen LogP) is 1.13. The molecule has 1 heterocycles. The zero-order valence-electron chi connectivity index (χ0n) is 10.1.